The highest BCUT2D eigenvalue weighted by Gasteiger charge is 2.34. The van der Waals surface area contributed by atoms with E-state index in [4.69, 9.17) is 20.4 Å². The monoisotopic (exact) mass is 330 g/mol. The van der Waals surface area contributed by atoms with Crippen molar-refractivity contribution in [3.63, 3.8) is 0 Å². The van der Waals surface area contributed by atoms with Gasteiger partial charge in [-0.05, 0) is 32.6 Å². The summed E-state index contributed by atoms with van der Waals surface area (Å²) in [5.74, 6) is -1.33. The molecule has 0 aromatic carbocycles. The van der Waals surface area contributed by atoms with E-state index in [1.807, 2.05) is 6.92 Å². The number of hydrogen-bond donors (Lipinski definition) is 4. The SMILES string of the molecule is C=C(C)C(=O)O.C=C(C)C(=O)O.CC(CO)(CO)C1CCCC1. The van der Waals surface area contributed by atoms with Crippen LogP contribution in [0.2, 0.25) is 0 Å². The zero-order chi connectivity index (χ0) is 18.6. The molecule has 0 atom stereocenters. The van der Waals surface area contributed by atoms with Gasteiger partial charge in [0, 0.05) is 16.6 Å². The second kappa shape index (κ2) is 11.8. The van der Waals surface area contributed by atoms with E-state index in [0.29, 0.717) is 5.92 Å². The largest absolute Gasteiger partial charge is 0.478 e. The molecule has 0 spiro atoms. The number of aliphatic hydroxyl groups excluding tert-OH is 2. The molecule has 0 aromatic heterocycles. The van der Waals surface area contributed by atoms with Crippen molar-refractivity contribution in [1.82, 2.24) is 0 Å². The van der Waals surface area contributed by atoms with Gasteiger partial charge in [0.2, 0.25) is 0 Å². The van der Waals surface area contributed by atoms with Crippen molar-refractivity contribution in [1.29, 1.82) is 0 Å². The molecule has 0 amide bonds. The van der Waals surface area contributed by atoms with Gasteiger partial charge in [-0.25, -0.2) is 9.59 Å². The summed E-state index contributed by atoms with van der Waals surface area (Å²) in [5, 5.41) is 34.0. The van der Waals surface area contributed by atoms with E-state index in [-0.39, 0.29) is 29.8 Å². The van der Waals surface area contributed by atoms with Crippen molar-refractivity contribution in [2.75, 3.05) is 13.2 Å². The highest BCUT2D eigenvalue weighted by Crippen LogP contribution is 2.38. The summed E-state index contributed by atoms with van der Waals surface area (Å²) in [5.41, 5.74) is 0.126. The Morgan fingerprint density at radius 1 is 0.957 bits per heavy atom. The number of rotatable bonds is 5. The number of carboxylic acids is 2. The van der Waals surface area contributed by atoms with Gasteiger partial charge < -0.3 is 20.4 Å². The van der Waals surface area contributed by atoms with Gasteiger partial charge in [0.25, 0.3) is 0 Å². The third-order valence-electron chi connectivity index (χ3n) is 3.79. The Morgan fingerprint density at radius 3 is 1.39 bits per heavy atom. The summed E-state index contributed by atoms with van der Waals surface area (Å²) in [4.78, 5) is 19.2. The summed E-state index contributed by atoms with van der Waals surface area (Å²) in [6.07, 6.45) is 4.88. The van der Waals surface area contributed by atoms with Gasteiger partial charge in [0.05, 0.1) is 13.2 Å². The summed E-state index contributed by atoms with van der Waals surface area (Å²) < 4.78 is 0. The molecule has 1 rings (SSSR count). The average Bonchev–Trinajstić information content (AvgIpc) is 3.02. The van der Waals surface area contributed by atoms with E-state index in [2.05, 4.69) is 13.2 Å². The summed E-state index contributed by atoms with van der Waals surface area (Å²) in [7, 11) is 0. The van der Waals surface area contributed by atoms with Crippen LogP contribution >= 0.6 is 0 Å². The highest BCUT2D eigenvalue weighted by molar-refractivity contribution is 5.85. The van der Waals surface area contributed by atoms with Crippen molar-refractivity contribution in [3.8, 4) is 0 Å². The minimum Gasteiger partial charge on any atom is -0.478 e. The zero-order valence-electron chi connectivity index (χ0n) is 14.3. The fourth-order valence-corrected chi connectivity index (χ4v) is 1.93. The maximum Gasteiger partial charge on any atom is 0.330 e. The Labute approximate surface area is 138 Å². The second-order valence-electron chi connectivity index (χ2n) is 6.12. The maximum absolute atomic E-state index is 9.60. The van der Waals surface area contributed by atoms with Crippen molar-refractivity contribution >= 4 is 11.9 Å². The van der Waals surface area contributed by atoms with Crippen LogP contribution in [0.4, 0.5) is 0 Å². The molecule has 0 bridgehead atoms. The molecule has 0 heterocycles. The van der Waals surface area contributed by atoms with Crippen LogP contribution in [0.3, 0.4) is 0 Å². The number of carboxylic acid groups (broad SMARTS) is 2. The molecule has 1 aliphatic carbocycles. The molecular formula is C17H30O6. The highest BCUT2D eigenvalue weighted by atomic mass is 16.4. The lowest BCUT2D eigenvalue weighted by Crippen LogP contribution is -2.33. The predicted octanol–water partition coefficient (Wildman–Crippen LogP) is 2.46. The van der Waals surface area contributed by atoms with Crippen LogP contribution in [-0.4, -0.2) is 45.6 Å². The summed E-state index contributed by atoms with van der Waals surface area (Å²) in [6, 6.07) is 0. The quantitative estimate of drug-likeness (QED) is 0.576. The number of aliphatic carboxylic acids is 2. The maximum atomic E-state index is 9.60. The zero-order valence-corrected chi connectivity index (χ0v) is 14.3. The first-order chi connectivity index (χ1) is 10.5. The van der Waals surface area contributed by atoms with Crippen molar-refractivity contribution in [3.05, 3.63) is 24.3 Å². The van der Waals surface area contributed by atoms with E-state index in [9.17, 15) is 9.59 Å². The van der Waals surface area contributed by atoms with Gasteiger partial charge in [-0.3, -0.25) is 0 Å². The van der Waals surface area contributed by atoms with Gasteiger partial charge in [-0.15, -0.1) is 0 Å². The van der Waals surface area contributed by atoms with Crippen LogP contribution < -0.4 is 0 Å². The van der Waals surface area contributed by atoms with Gasteiger partial charge in [0.15, 0.2) is 0 Å². The van der Waals surface area contributed by atoms with Crippen molar-refractivity contribution < 1.29 is 30.0 Å². The van der Waals surface area contributed by atoms with E-state index in [1.54, 1.807) is 0 Å². The van der Waals surface area contributed by atoms with Crippen LogP contribution in [0.1, 0.15) is 46.5 Å². The standard InChI is InChI=1S/C9H18O2.2C4H6O2/c1-9(6-10,7-11)8-4-2-3-5-8;2*1-3(2)4(5)6/h8,10-11H,2-7H2,1H3;2*1H2,2H3,(H,5,6). The first kappa shape index (κ1) is 23.6. The molecule has 0 radical (unpaired) electrons. The predicted molar refractivity (Wildman–Crippen MR) is 89.1 cm³/mol. The molecule has 1 aliphatic rings. The Balaban J connectivity index is 0. The lowest BCUT2D eigenvalue weighted by atomic mass is 9.77. The summed E-state index contributed by atoms with van der Waals surface area (Å²) in [6.45, 7) is 11.4. The van der Waals surface area contributed by atoms with Gasteiger partial charge >= 0.3 is 11.9 Å². The van der Waals surface area contributed by atoms with E-state index in [1.165, 1.54) is 39.5 Å². The van der Waals surface area contributed by atoms with Gasteiger partial charge in [0.1, 0.15) is 0 Å². The molecule has 0 unspecified atom stereocenters. The van der Waals surface area contributed by atoms with Crippen LogP contribution in [0, 0.1) is 11.3 Å². The summed E-state index contributed by atoms with van der Waals surface area (Å²) >= 11 is 0. The Morgan fingerprint density at radius 2 is 1.22 bits per heavy atom. The molecule has 0 aliphatic heterocycles. The van der Waals surface area contributed by atoms with Gasteiger partial charge in [-0.2, -0.15) is 0 Å². The van der Waals surface area contributed by atoms with Gasteiger partial charge in [-0.1, -0.05) is 32.9 Å². The van der Waals surface area contributed by atoms with E-state index < -0.39 is 11.9 Å². The average molecular weight is 330 g/mol. The molecule has 23 heavy (non-hydrogen) atoms. The molecule has 6 nitrogen and oxygen atoms in total. The molecular weight excluding hydrogens is 300 g/mol. The topological polar surface area (TPSA) is 115 Å². The molecule has 4 N–H and O–H groups in total. The molecule has 1 fully saturated rings. The third-order valence-corrected chi connectivity index (χ3v) is 3.79. The number of carbonyl (C=O) groups is 2. The number of hydrogen-bond acceptors (Lipinski definition) is 4. The van der Waals surface area contributed by atoms with Crippen LogP contribution in [-0.2, 0) is 9.59 Å². The molecule has 134 valence electrons. The van der Waals surface area contributed by atoms with Crippen LogP contribution in [0.5, 0.6) is 0 Å². The van der Waals surface area contributed by atoms with E-state index in [0.717, 1.165) is 0 Å². The molecule has 1 saturated carbocycles. The fourth-order valence-electron chi connectivity index (χ4n) is 1.93. The second-order valence-corrected chi connectivity index (χ2v) is 6.12. The minimum absolute atomic E-state index is 0.119. The lowest BCUT2D eigenvalue weighted by Gasteiger charge is -2.31. The normalized spacial score (nSPS) is 14.0. The van der Waals surface area contributed by atoms with Crippen LogP contribution in [0.25, 0.3) is 0 Å². The van der Waals surface area contributed by atoms with Crippen molar-refractivity contribution in [2.45, 2.75) is 46.5 Å². The first-order valence-corrected chi connectivity index (χ1v) is 7.51. The Hall–Kier alpha value is -1.66. The molecule has 0 saturated heterocycles. The fraction of sp³-hybridized carbons (Fsp3) is 0.647. The Bertz CT molecular complexity index is 355. The van der Waals surface area contributed by atoms with Crippen LogP contribution in [0.15, 0.2) is 24.3 Å². The minimum atomic E-state index is -0.935. The Kier molecular flexibility index (Phi) is 12.2. The number of aliphatic hydroxyl groups is 2. The lowest BCUT2D eigenvalue weighted by molar-refractivity contribution is -0.133. The smallest absolute Gasteiger partial charge is 0.330 e. The third kappa shape index (κ3) is 10.7. The van der Waals surface area contributed by atoms with E-state index >= 15 is 0 Å². The van der Waals surface area contributed by atoms with Crippen molar-refractivity contribution in [2.24, 2.45) is 11.3 Å². The first-order valence-electron chi connectivity index (χ1n) is 7.51. The molecule has 0 aromatic rings. The molecule has 6 heteroatoms.